The van der Waals surface area contributed by atoms with Crippen LogP contribution in [0.3, 0.4) is 0 Å². The monoisotopic (exact) mass is 295 g/mol. The van der Waals surface area contributed by atoms with Gasteiger partial charge in [-0.2, -0.15) is 0 Å². The number of nitrogens with one attached hydrogen (secondary N) is 1. The molecule has 1 aliphatic rings. The van der Waals surface area contributed by atoms with E-state index in [1.54, 1.807) is 7.11 Å². The quantitative estimate of drug-likeness (QED) is 0.616. The molecule has 7 heteroatoms. The number of nitrogens with zero attached hydrogens (tertiary/aromatic N) is 4. The second kappa shape index (κ2) is 8.89. The first kappa shape index (κ1) is 16.1. The minimum atomic E-state index is 0.223. The Morgan fingerprint density at radius 3 is 2.57 bits per heavy atom. The van der Waals surface area contributed by atoms with Gasteiger partial charge in [-0.05, 0) is 0 Å². The number of rotatable bonds is 8. The lowest BCUT2D eigenvalue weighted by molar-refractivity contribution is 0.188. The lowest BCUT2D eigenvalue weighted by Gasteiger charge is -2.34. The van der Waals surface area contributed by atoms with Gasteiger partial charge in [0.15, 0.2) is 0 Å². The number of ether oxygens (including phenoxy) is 1. The Morgan fingerprint density at radius 2 is 1.95 bits per heavy atom. The zero-order chi connectivity index (χ0) is 14.9. The first-order valence-corrected chi connectivity index (χ1v) is 7.42. The Labute approximate surface area is 125 Å². The molecule has 1 aromatic rings. The average molecular weight is 295 g/mol. The summed E-state index contributed by atoms with van der Waals surface area (Å²) in [5, 5.41) is 12.2. The van der Waals surface area contributed by atoms with E-state index in [0.717, 1.165) is 57.3 Å². The van der Waals surface area contributed by atoms with Gasteiger partial charge in [-0.1, -0.05) is 0 Å². The van der Waals surface area contributed by atoms with Crippen LogP contribution in [0.2, 0.25) is 0 Å². The van der Waals surface area contributed by atoms with Crippen molar-refractivity contribution in [2.45, 2.75) is 6.54 Å². The van der Waals surface area contributed by atoms with Crippen molar-refractivity contribution >= 4 is 5.95 Å². The predicted octanol–water partition coefficient (Wildman–Crippen LogP) is -0.673. The topological polar surface area (TPSA) is 73.8 Å². The number of anilines is 1. The summed E-state index contributed by atoms with van der Waals surface area (Å²) in [6, 6.07) is 0. The first-order valence-electron chi connectivity index (χ1n) is 7.42. The molecule has 0 saturated carbocycles. The number of hydrogen-bond acceptors (Lipinski definition) is 7. The molecule has 7 nitrogen and oxygen atoms in total. The fourth-order valence-corrected chi connectivity index (χ4v) is 2.32. The molecule has 0 radical (unpaired) electrons. The predicted molar refractivity (Wildman–Crippen MR) is 81.4 cm³/mol. The molecule has 0 unspecified atom stereocenters. The highest BCUT2D eigenvalue weighted by molar-refractivity contribution is 5.30. The standard InChI is InChI=1S/C14H25N5O2/c1-21-9-2-15-10-13-11-16-14(17-12-13)19-5-3-18(4-6-19)7-8-20/h11-12,15,20H,2-10H2,1H3. The van der Waals surface area contributed by atoms with E-state index in [1.807, 2.05) is 12.4 Å². The zero-order valence-corrected chi connectivity index (χ0v) is 12.7. The van der Waals surface area contributed by atoms with E-state index in [4.69, 9.17) is 9.84 Å². The normalized spacial score (nSPS) is 16.4. The Hall–Kier alpha value is -1.28. The van der Waals surface area contributed by atoms with Gasteiger partial charge in [-0.25, -0.2) is 9.97 Å². The van der Waals surface area contributed by atoms with Gasteiger partial charge in [0.25, 0.3) is 0 Å². The Bertz CT molecular complexity index is 393. The molecular formula is C14H25N5O2. The summed E-state index contributed by atoms with van der Waals surface area (Å²) in [6.07, 6.45) is 3.75. The fraction of sp³-hybridized carbons (Fsp3) is 0.714. The van der Waals surface area contributed by atoms with Crippen molar-refractivity contribution in [1.29, 1.82) is 0 Å². The number of aliphatic hydroxyl groups excluding tert-OH is 1. The fourth-order valence-electron chi connectivity index (χ4n) is 2.32. The van der Waals surface area contributed by atoms with E-state index < -0.39 is 0 Å². The Morgan fingerprint density at radius 1 is 1.24 bits per heavy atom. The summed E-state index contributed by atoms with van der Waals surface area (Å²) in [6.45, 7) is 6.98. The van der Waals surface area contributed by atoms with Crippen LogP contribution >= 0.6 is 0 Å². The van der Waals surface area contributed by atoms with Crippen molar-refractivity contribution in [3.63, 3.8) is 0 Å². The maximum Gasteiger partial charge on any atom is 0.225 e. The number of β-amino-alcohol motifs (C(OH)–C–C–N with tert-alkyl or cyclic N) is 1. The molecule has 0 aromatic carbocycles. The molecule has 0 spiro atoms. The van der Waals surface area contributed by atoms with Gasteiger partial charge < -0.3 is 20.1 Å². The molecule has 2 N–H and O–H groups in total. The van der Waals surface area contributed by atoms with Crippen molar-refractivity contribution in [3.05, 3.63) is 18.0 Å². The highest BCUT2D eigenvalue weighted by Crippen LogP contribution is 2.10. The number of piperazine rings is 1. The number of aliphatic hydroxyl groups is 1. The summed E-state index contributed by atoms with van der Waals surface area (Å²) in [5.74, 6) is 0.791. The third-order valence-electron chi connectivity index (χ3n) is 3.58. The molecule has 0 amide bonds. The maximum absolute atomic E-state index is 8.94. The van der Waals surface area contributed by atoms with Crippen LogP contribution in [0.1, 0.15) is 5.56 Å². The van der Waals surface area contributed by atoms with Gasteiger partial charge in [-0.15, -0.1) is 0 Å². The zero-order valence-electron chi connectivity index (χ0n) is 12.7. The van der Waals surface area contributed by atoms with Crippen LogP contribution in [0.15, 0.2) is 12.4 Å². The van der Waals surface area contributed by atoms with Gasteiger partial charge >= 0.3 is 0 Å². The minimum Gasteiger partial charge on any atom is -0.395 e. The maximum atomic E-state index is 8.94. The molecule has 118 valence electrons. The van der Waals surface area contributed by atoms with Crippen LogP contribution < -0.4 is 10.2 Å². The molecule has 0 atom stereocenters. The van der Waals surface area contributed by atoms with Crippen LogP contribution in [-0.2, 0) is 11.3 Å². The summed E-state index contributed by atoms with van der Waals surface area (Å²) < 4.78 is 4.98. The minimum absolute atomic E-state index is 0.223. The number of methoxy groups -OCH3 is 1. The molecule has 2 rings (SSSR count). The van der Waals surface area contributed by atoms with E-state index in [2.05, 4.69) is 25.1 Å². The third-order valence-corrected chi connectivity index (χ3v) is 3.58. The summed E-state index contributed by atoms with van der Waals surface area (Å²) in [5.41, 5.74) is 1.08. The van der Waals surface area contributed by atoms with Gasteiger partial charge in [0, 0.05) is 70.9 Å². The molecule has 21 heavy (non-hydrogen) atoms. The summed E-state index contributed by atoms with van der Waals surface area (Å²) in [7, 11) is 1.69. The molecule has 1 aliphatic heterocycles. The van der Waals surface area contributed by atoms with Gasteiger partial charge in [-0.3, -0.25) is 4.90 Å². The van der Waals surface area contributed by atoms with E-state index in [1.165, 1.54) is 0 Å². The Balaban J connectivity index is 1.77. The van der Waals surface area contributed by atoms with Crippen molar-refractivity contribution < 1.29 is 9.84 Å². The summed E-state index contributed by atoms with van der Waals surface area (Å²) in [4.78, 5) is 13.3. The van der Waals surface area contributed by atoms with E-state index in [0.29, 0.717) is 6.61 Å². The van der Waals surface area contributed by atoms with Gasteiger partial charge in [0.05, 0.1) is 13.2 Å². The molecule has 1 saturated heterocycles. The van der Waals surface area contributed by atoms with Crippen LogP contribution in [0.5, 0.6) is 0 Å². The van der Waals surface area contributed by atoms with E-state index >= 15 is 0 Å². The van der Waals surface area contributed by atoms with Gasteiger partial charge in [0.2, 0.25) is 5.95 Å². The van der Waals surface area contributed by atoms with Crippen molar-refractivity contribution in [2.24, 2.45) is 0 Å². The Kier molecular flexibility index (Phi) is 6.81. The van der Waals surface area contributed by atoms with Crippen LogP contribution in [-0.4, -0.2) is 79.6 Å². The van der Waals surface area contributed by atoms with Crippen LogP contribution in [0, 0.1) is 0 Å². The first-order chi connectivity index (χ1) is 10.3. The molecule has 1 fully saturated rings. The molecule has 0 bridgehead atoms. The van der Waals surface area contributed by atoms with E-state index in [-0.39, 0.29) is 6.61 Å². The van der Waals surface area contributed by atoms with Crippen molar-refractivity contribution in [1.82, 2.24) is 20.2 Å². The van der Waals surface area contributed by atoms with Crippen LogP contribution in [0.4, 0.5) is 5.95 Å². The highest BCUT2D eigenvalue weighted by atomic mass is 16.5. The van der Waals surface area contributed by atoms with Crippen molar-refractivity contribution in [2.75, 3.05) is 64.5 Å². The highest BCUT2D eigenvalue weighted by Gasteiger charge is 2.18. The summed E-state index contributed by atoms with van der Waals surface area (Å²) >= 11 is 0. The lowest BCUT2D eigenvalue weighted by atomic mass is 10.3. The third kappa shape index (κ3) is 5.20. The molecule has 0 aliphatic carbocycles. The van der Waals surface area contributed by atoms with Crippen molar-refractivity contribution in [3.8, 4) is 0 Å². The largest absolute Gasteiger partial charge is 0.395 e. The number of aromatic nitrogens is 2. The molecular weight excluding hydrogens is 270 g/mol. The smallest absolute Gasteiger partial charge is 0.225 e. The average Bonchev–Trinajstić information content (AvgIpc) is 2.53. The van der Waals surface area contributed by atoms with Gasteiger partial charge in [0.1, 0.15) is 0 Å². The molecule has 2 heterocycles. The second-order valence-corrected chi connectivity index (χ2v) is 5.11. The number of hydrogen-bond donors (Lipinski definition) is 2. The SMILES string of the molecule is COCCNCc1cnc(N2CCN(CCO)CC2)nc1. The lowest BCUT2D eigenvalue weighted by Crippen LogP contribution is -2.47. The van der Waals surface area contributed by atoms with Crippen LogP contribution in [0.25, 0.3) is 0 Å². The molecule has 1 aromatic heterocycles. The van der Waals surface area contributed by atoms with E-state index in [9.17, 15) is 0 Å². The second-order valence-electron chi connectivity index (χ2n) is 5.11.